The van der Waals surface area contributed by atoms with Gasteiger partial charge >= 0.3 is 0 Å². The van der Waals surface area contributed by atoms with E-state index in [1.165, 1.54) is 11.8 Å². The number of carbonyl (C=O) groups is 2. The molecule has 1 N–H and O–H groups in total. The Hall–Kier alpha value is -2.73. The van der Waals surface area contributed by atoms with Crippen LogP contribution in [0.25, 0.3) is 16.9 Å². The van der Waals surface area contributed by atoms with Crippen molar-refractivity contribution in [1.29, 1.82) is 0 Å². The largest absolute Gasteiger partial charge is 0.352 e. The molecule has 2 heterocycles. The molecule has 0 atom stereocenters. The highest BCUT2D eigenvalue weighted by Crippen LogP contribution is 2.21. The van der Waals surface area contributed by atoms with Gasteiger partial charge in [0.1, 0.15) is 5.56 Å². The first-order valence-corrected chi connectivity index (χ1v) is 8.30. The number of hydrogen-bond acceptors (Lipinski definition) is 4. The molecule has 3 rings (SSSR count). The average Bonchev–Trinajstić information content (AvgIpc) is 3.03. The average molecular weight is 357 g/mol. The standard InChI is InChI=1S/C18H17ClN4O2/c1-12-4-6-13(7-5-12)15-8-10-20-17-14(11-22-23(15)17)18(25)21-9-2-3-16(19)24/h4-8,10-11H,2-3,9H2,1H3,(H,21,25). The van der Waals surface area contributed by atoms with Gasteiger partial charge < -0.3 is 5.32 Å². The first kappa shape index (κ1) is 17.1. The van der Waals surface area contributed by atoms with Crippen LogP contribution >= 0.6 is 11.6 Å². The van der Waals surface area contributed by atoms with Crippen LogP contribution in [0.1, 0.15) is 28.8 Å². The molecule has 3 aromatic rings. The number of aryl methyl sites for hydroxylation is 1. The molecule has 0 aliphatic carbocycles. The SMILES string of the molecule is Cc1ccc(-c2ccnc3c(C(=O)NCCCC(=O)Cl)cnn23)cc1. The van der Waals surface area contributed by atoms with Gasteiger partial charge in [-0.3, -0.25) is 9.59 Å². The molecule has 0 saturated carbocycles. The highest BCUT2D eigenvalue weighted by molar-refractivity contribution is 6.63. The number of fused-ring (bicyclic) bond motifs is 1. The number of halogens is 1. The topological polar surface area (TPSA) is 76.4 Å². The maximum atomic E-state index is 12.3. The Morgan fingerprint density at radius 1 is 1.20 bits per heavy atom. The molecule has 1 amide bonds. The molecule has 0 spiro atoms. The Balaban J connectivity index is 1.84. The molecule has 7 heteroatoms. The van der Waals surface area contributed by atoms with Gasteiger partial charge in [-0.1, -0.05) is 29.8 Å². The summed E-state index contributed by atoms with van der Waals surface area (Å²) in [6.07, 6.45) is 3.89. The van der Waals surface area contributed by atoms with Crippen LogP contribution in [0.15, 0.2) is 42.7 Å². The lowest BCUT2D eigenvalue weighted by molar-refractivity contribution is -0.111. The van der Waals surface area contributed by atoms with E-state index in [9.17, 15) is 9.59 Å². The fourth-order valence-electron chi connectivity index (χ4n) is 2.52. The number of nitrogens with zero attached hydrogens (tertiary/aromatic N) is 3. The Kier molecular flexibility index (Phi) is 5.09. The molecule has 0 aliphatic heterocycles. The summed E-state index contributed by atoms with van der Waals surface area (Å²) in [7, 11) is 0. The van der Waals surface area contributed by atoms with Crippen molar-refractivity contribution in [2.75, 3.05) is 6.54 Å². The van der Waals surface area contributed by atoms with Crippen molar-refractivity contribution >= 4 is 28.4 Å². The van der Waals surface area contributed by atoms with Crippen molar-refractivity contribution in [1.82, 2.24) is 19.9 Å². The molecule has 0 bridgehead atoms. The molecule has 0 aliphatic rings. The van der Waals surface area contributed by atoms with Crippen LogP contribution in [0.2, 0.25) is 0 Å². The zero-order valence-corrected chi connectivity index (χ0v) is 14.5. The fourth-order valence-corrected chi connectivity index (χ4v) is 2.65. The summed E-state index contributed by atoms with van der Waals surface area (Å²) in [6.45, 7) is 2.40. The summed E-state index contributed by atoms with van der Waals surface area (Å²) in [5.41, 5.74) is 3.91. The van der Waals surface area contributed by atoms with E-state index in [1.54, 1.807) is 10.7 Å². The Morgan fingerprint density at radius 2 is 1.96 bits per heavy atom. The molecule has 0 unspecified atom stereocenters. The van der Waals surface area contributed by atoms with Crippen LogP contribution in [-0.2, 0) is 4.79 Å². The van der Waals surface area contributed by atoms with E-state index < -0.39 is 5.24 Å². The maximum Gasteiger partial charge on any atom is 0.256 e. The van der Waals surface area contributed by atoms with E-state index >= 15 is 0 Å². The number of benzene rings is 1. The van der Waals surface area contributed by atoms with Crippen molar-refractivity contribution < 1.29 is 9.59 Å². The van der Waals surface area contributed by atoms with Crippen molar-refractivity contribution in [3.05, 3.63) is 53.9 Å². The third-order valence-corrected chi connectivity index (χ3v) is 4.02. The second-order valence-corrected chi connectivity index (χ2v) is 6.13. The first-order valence-electron chi connectivity index (χ1n) is 7.92. The lowest BCUT2D eigenvalue weighted by Gasteiger charge is -2.06. The van der Waals surface area contributed by atoms with E-state index in [0.717, 1.165) is 11.3 Å². The molecular formula is C18H17ClN4O2. The monoisotopic (exact) mass is 356 g/mol. The Labute approximate surface area is 149 Å². The van der Waals surface area contributed by atoms with Crippen molar-refractivity contribution in [2.24, 2.45) is 0 Å². The zero-order valence-electron chi connectivity index (χ0n) is 13.7. The normalized spacial score (nSPS) is 10.8. The summed E-state index contributed by atoms with van der Waals surface area (Å²) in [6, 6.07) is 9.93. The molecule has 1 aromatic carbocycles. The second kappa shape index (κ2) is 7.44. The van der Waals surface area contributed by atoms with Gasteiger partial charge in [0.15, 0.2) is 5.65 Å². The van der Waals surface area contributed by atoms with E-state index in [1.807, 2.05) is 37.3 Å². The number of aromatic nitrogens is 3. The first-order chi connectivity index (χ1) is 12.1. The molecule has 2 aromatic heterocycles. The van der Waals surface area contributed by atoms with Crippen molar-refractivity contribution in [3.8, 4) is 11.3 Å². The van der Waals surface area contributed by atoms with E-state index in [4.69, 9.17) is 11.6 Å². The highest BCUT2D eigenvalue weighted by atomic mass is 35.5. The van der Waals surface area contributed by atoms with Gasteiger partial charge in [0.05, 0.1) is 11.9 Å². The molecule has 25 heavy (non-hydrogen) atoms. The van der Waals surface area contributed by atoms with Crippen molar-refractivity contribution in [2.45, 2.75) is 19.8 Å². The van der Waals surface area contributed by atoms with Crippen LogP contribution in [0.4, 0.5) is 0 Å². The van der Waals surface area contributed by atoms with Crippen LogP contribution in [0.5, 0.6) is 0 Å². The van der Waals surface area contributed by atoms with Crippen molar-refractivity contribution in [3.63, 3.8) is 0 Å². The smallest absolute Gasteiger partial charge is 0.256 e. The lowest BCUT2D eigenvalue weighted by atomic mass is 10.1. The Morgan fingerprint density at radius 3 is 2.68 bits per heavy atom. The minimum absolute atomic E-state index is 0.229. The number of carbonyl (C=O) groups excluding carboxylic acids is 2. The van der Waals surface area contributed by atoms with Gasteiger partial charge in [-0.15, -0.1) is 0 Å². The molecule has 0 saturated heterocycles. The van der Waals surface area contributed by atoms with Crippen LogP contribution in [0.3, 0.4) is 0 Å². The third kappa shape index (κ3) is 3.85. The van der Waals surface area contributed by atoms with E-state index in [-0.39, 0.29) is 12.3 Å². The second-order valence-electron chi connectivity index (χ2n) is 5.70. The molecule has 0 fully saturated rings. The third-order valence-electron chi connectivity index (χ3n) is 3.83. The number of amides is 1. The predicted molar refractivity (Wildman–Crippen MR) is 95.6 cm³/mol. The minimum atomic E-state index is -0.408. The molecule has 0 radical (unpaired) electrons. The van der Waals surface area contributed by atoms with Gasteiger partial charge in [-0.25, -0.2) is 9.50 Å². The molecule has 6 nitrogen and oxygen atoms in total. The van der Waals surface area contributed by atoms with E-state index in [2.05, 4.69) is 15.4 Å². The van der Waals surface area contributed by atoms with Gasteiger partial charge in [-0.05, 0) is 31.0 Å². The molecule has 128 valence electrons. The summed E-state index contributed by atoms with van der Waals surface area (Å²) in [5.74, 6) is -0.273. The van der Waals surface area contributed by atoms with Crippen LogP contribution in [0, 0.1) is 6.92 Å². The lowest BCUT2D eigenvalue weighted by Crippen LogP contribution is -2.24. The van der Waals surface area contributed by atoms with Gasteiger partial charge in [0.2, 0.25) is 5.24 Å². The predicted octanol–water partition coefficient (Wildman–Crippen LogP) is 2.98. The zero-order chi connectivity index (χ0) is 17.8. The number of hydrogen-bond donors (Lipinski definition) is 1. The maximum absolute atomic E-state index is 12.3. The van der Waals surface area contributed by atoms with Gasteiger partial charge in [-0.2, -0.15) is 5.10 Å². The van der Waals surface area contributed by atoms with Gasteiger partial charge in [0.25, 0.3) is 5.91 Å². The fraction of sp³-hybridized carbons (Fsp3) is 0.222. The summed E-state index contributed by atoms with van der Waals surface area (Å²) in [4.78, 5) is 27.3. The Bertz CT molecular complexity index is 918. The number of rotatable bonds is 6. The minimum Gasteiger partial charge on any atom is -0.352 e. The summed E-state index contributed by atoms with van der Waals surface area (Å²) in [5, 5.41) is 6.66. The van der Waals surface area contributed by atoms with E-state index in [0.29, 0.717) is 24.2 Å². The van der Waals surface area contributed by atoms with Crippen LogP contribution in [-0.4, -0.2) is 32.3 Å². The summed E-state index contributed by atoms with van der Waals surface area (Å²) >= 11 is 5.28. The quantitative estimate of drug-likeness (QED) is 0.544. The number of nitrogens with one attached hydrogen (secondary N) is 1. The van der Waals surface area contributed by atoms with Gasteiger partial charge in [0, 0.05) is 24.7 Å². The summed E-state index contributed by atoms with van der Waals surface area (Å²) < 4.78 is 1.65. The van der Waals surface area contributed by atoms with Crippen LogP contribution < -0.4 is 5.32 Å². The highest BCUT2D eigenvalue weighted by Gasteiger charge is 2.15. The molecular weight excluding hydrogens is 340 g/mol.